The third kappa shape index (κ3) is 2.94. The molecule has 0 aliphatic carbocycles. The molecule has 1 aromatic heterocycles. The van der Waals surface area contributed by atoms with Crippen LogP contribution in [-0.2, 0) is 0 Å². The monoisotopic (exact) mass is 319 g/mol. The minimum absolute atomic E-state index is 0.276. The highest BCUT2D eigenvalue weighted by atomic mass is 32.2. The summed E-state index contributed by atoms with van der Waals surface area (Å²) in [4.78, 5) is 2.54. The number of phenols is 1. The molecule has 23 heavy (non-hydrogen) atoms. The van der Waals surface area contributed by atoms with E-state index < -0.39 is 0 Å². The van der Waals surface area contributed by atoms with E-state index in [0.717, 1.165) is 17.0 Å². The van der Waals surface area contributed by atoms with Gasteiger partial charge in [-0.15, -0.1) is 0 Å². The van der Waals surface area contributed by atoms with Crippen molar-refractivity contribution in [1.29, 1.82) is 0 Å². The first-order valence-corrected chi connectivity index (χ1v) is 8.23. The Morgan fingerprint density at radius 3 is 2.65 bits per heavy atom. The molecule has 3 aromatic rings. The molecule has 2 heterocycles. The van der Waals surface area contributed by atoms with Crippen molar-refractivity contribution in [2.24, 2.45) is 0 Å². The van der Waals surface area contributed by atoms with Gasteiger partial charge in [-0.1, -0.05) is 36.4 Å². The summed E-state index contributed by atoms with van der Waals surface area (Å²) in [5.41, 5.74) is 4.24. The fourth-order valence-corrected chi connectivity index (χ4v) is 3.60. The standard InChI is InChI=1S/C19H15N2OS/c22-16-9-6-13(7-10-16)5-8-15-12-17(21-20-15)19-11-14-3-1-2-4-18(14)23-19/h1-12,22-23H,(H,20,21). The minimum Gasteiger partial charge on any atom is -0.508 e. The average Bonchev–Trinajstić information content (AvgIpc) is 3.21. The van der Waals surface area contributed by atoms with Crippen molar-refractivity contribution >= 4 is 34.9 Å². The van der Waals surface area contributed by atoms with Crippen molar-refractivity contribution < 1.29 is 5.11 Å². The second kappa shape index (κ2) is 5.82. The van der Waals surface area contributed by atoms with Gasteiger partial charge < -0.3 is 5.11 Å². The molecule has 2 aromatic carbocycles. The van der Waals surface area contributed by atoms with E-state index >= 15 is 0 Å². The number of nitrogens with zero attached hydrogens (tertiary/aromatic N) is 1. The lowest BCUT2D eigenvalue weighted by Gasteiger charge is -1.97. The fourth-order valence-electron chi connectivity index (χ4n) is 2.48. The Hall–Kier alpha value is -2.72. The van der Waals surface area contributed by atoms with Gasteiger partial charge in [0.05, 0.1) is 11.4 Å². The zero-order valence-electron chi connectivity index (χ0n) is 12.3. The Morgan fingerprint density at radius 2 is 1.83 bits per heavy atom. The van der Waals surface area contributed by atoms with Crippen LogP contribution in [0.1, 0.15) is 22.5 Å². The Bertz CT molecular complexity index is 907. The number of hydrogen-bond acceptors (Lipinski definition) is 2. The highest BCUT2D eigenvalue weighted by Crippen LogP contribution is 2.43. The van der Waals surface area contributed by atoms with E-state index in [1.54, 1.807) is 12.1 Å². The van der Waals surface area contributed by atoms with E-state index in [1.165, 1.54) is 27.1 Å². The van der Waals surface area contributed by atoms with Crippen molar-refractivity contribution in [2.45, 2.75) is 4.90 Å². The summed E-state index contributed by atoms with van der Waals surface area (Å²) in [6.07, 6.45) is 6.18. The molecular formula is C19H15N2OS. The Balaban J connectivity index is 1.53. The van der Waals surface area contributed by atoms with Crippen LogP contribution < -0.4 is 0 Å². The largest absolute Gasteiger partial charge is 0.508 e. The number of aromatic hydroxyl groups is 1. The molecule has 113 valence electrons. The molecule has 0 bridgehead atoms. The van der Waals surface area contributed by atoms with Crippen LogP contribution in [0.4, 0.5) is 0 Å². The molecule has 1 aliphatic rings. The third-order valence-corrected chi connectivity index (χ3v) is 4.93. The Labute approximate surface area is 138 Å². The number of benzene rings is 2. The zero-order chi connectivity index (χ0) is 15.6. The Morgan fingerprint density at radius 1 is 1.00 bits per heavy atom. The van der Waals surface area contributed by atoms with Gasteiger partial charge in [0.1, 0.15) is 5.75 Å². The number of rotatable bonds is 3. The second-order valence-corrected chi connectivity index (χ2v) is 6.52. The van der Waals surface area contributed by atoms with Crippen LogP contribution in [0.5, 0.6) is 5.75 Å². The Kier molecular flexibility index (Phi) is 3.52. The number of nitrogens with one attached hydrogen (secondary N) is 1. The normalized spacial score (nSPS) is 13.3. The zero-order valence-corrected chi connectivity index (χ0v) is 13.2. The first-order chi connectivity index (χ1) is 11.3. The maximum atomic E-state index is 9.29. The van der Waals surface area contributed by atoms with E-state index in [4.69, 9.17) is 0 Å². The molecule has 0 saturated heterocycles. The molecule has 1 aliphatic heterocycles. The number of thiol groups is 1. The lowest BCUT2D eigenvalue weighted by atomic mass is 10.2. The lowest BCUT2D eigenvalue weighted by molar-refractivity contribution is 0.475. The number of H-pyrrole nitrogens is 1. The SMILES string of the molecule is Oc1ccc(C=Cc2cc(C3=Cc4ccccc4[SH]3)n[nH]2)cc1. The van der Waals surface area contributed by atoms with Gasteiger partial charge in [-0.3, -0.25) is 5.10 Å². The van der Waals surface area contributed by atoms with Gasteiger partial charge in [0, 0.05) is 9.80 Å². The topological polar surface area (TPSA) is 48.9 Å². The molecule has 3 nitrogen and oxygen atoms in total. The summed E-state index contributed by atoms with van der Waals surface area (Å²) in [5, 5.41) is 16.8. The maximum Gasteiger partial charge on any atom is 0.115 e. The van der Waals surface area contributed by atoms with E-state index in [1.807, 2.05) is 24.3 Å². The summed E-state index contributed by atoms with van der Waals surface area (Å²) in [5.74, 6) is 0.276. The molecule has 0 fully saturated rings. The molecule has 0 spiro atoms. The van der Waals surface area contributed by atoms with Gasteiger partial charge in [-0.2, -0.15) is 16.9 Å². The molecule has 4 heteroatoms. The summed E-state index contributed by atoms with van der Waals surface area (Å²) < 4.78 is 0. The lowest BCUT2D eigenvalue weighted by Crippen LogP contribution is -1.75. The van der Waals surface area contributed by atoms with Crippen LogP contribution in [0.2, 0.25) is 0 Å². The fraction of sp³-hybridized carbons (Fsp3) is 0. The summed E-state index contributed by atoms with van der Waals surface area (Å²) >= 11 is 1.20. The van der Waals surface area contributed by atoms with Gasteiger partial charge in [0.15, 0.2) is 0 Å². The van der Waals surface area contributed by atoms with Gasteiger partial charge in [-0.25, -0.2) is 0 Å². The summed E-state index contributed by atoms with van der Waals surface area (Å²) in [6.45, 7) is 0. The molecule has 1 radical (unpaired) electrons. The molecular weight excluding hydrogens is 304 g/mol. The number of phenolic OH excluding ortho intramolecular Hbond substituents is 1. The highest BCUT2D eigenvalue weighted by Gasteiger charge is 2.14. The minimum atomic E-state index is 0.276. The van der Waals surface area contributed by atoms with Crippen molar-refractivity contribution in [3.05, 3.63) is 77.1 Å². The number of aromatic nitrogens is 2. The van der Waals surface area contributed by atoms with Crippen molar-refractivity contribution in [3.8, 4) is 5.75 Å². The number of fused-ring (bicyclic) bond motifs is 1. The molecule has 0 atom stereocenters. The highest BCUT2D eigenvalue weighted by molar-refractivity contribution is 8.09. The summed E-state index contributed by atoms with van der Waals surface area (Å²) in [6, 6.07) is 17.6. The van der Waals surface area contributed by atoms with Crippen LogP contribution in [0.25, 0.3) is 23.1 Å². The predicted molar refractivity (Wildman–Crippen MR) is 97.2 cm³/mol. The van der Waals surface area contributed by atoms with Gasteiger partial charge in [0.2, 0.25) is 0 Å². The van der Waals surface area contributed by atoms with Crippen molar-refractivity contribution in [2.75, 3.05) is 0 Å². The third-order valence-electron chi connectivity index (χ3n) is 3.68. The summed E-state index contributed by atoms with van der Waals surface area (Å²) in [7, 11) is 0. The van der Waals surface area contributed by atoms with Crippen LogP contribution in [0.3, 0.4) is 0 Å². The second-order valence-electron chi connectivity index (χ2n) is 5.33. The van der Waals surface area contributed by atoms with Gasteiger partial charge in [-0.05, 0) is 47.5 Å². The number of aromatic amines is 1. The molecule has 2 N–H and O–H groups in total. The first-order valence-electron chi connectivity index (χ1n) is 7.33. The van der Waals surface area contributed by atoms with Crippen molar-refractivity contribution in [1.82, 2.24) is 10.2 Å². The van der Waals surface area contributed by atoms with Crippen LogP contribution in [0, 0.1) is 0 Å². The smallest absolute Gasteiger partial charge is 0.115 e. The molecule has 4 rings (SSSR count). The van der Waals surface area contributed by atoms with Crippen LogP contribution in [-0.4, -0.2) is 15.3 Å². The first kappa shape index (κ1) is 13.9. The van der Waals surface area contributed by atoms with Gasteiger partial charge >= 0.3 is 0 Å². The van der Waals surface area contributed by atoms with E-state index in [2.05, 4.69) is 46.6 Å². The molecule has 0 saturated carbocycles. The quantitative estimate of drug-likeness (QED) is 0.617. The van der Waals surface area contributed by atoms with Gasteiger partial charge in [0.25, 0.3) is 0 Å². The molecule has 0 unspecified atom stereocenters. The average molecular weight is 319 g/mol. The van der Waals surface area contributed by atoms with Crippen molar-refractivity contribution in [3.63, 3.8) is 0 Å². The van der Waals surface area contributed by atoms with E-state index in [9.17, 15) is 5.11 Å². The van der Waals surface area contributed by atoms with Crippen LogP contribution in [0.15, 0.2) is 59.5 Å². The van der Waals surface area contributed by atoms with Crippen LogP contribution >= 0.6 is 11.8 Å². The molecule has 0 amide bonds. The van der Waals surface area contributed by atoms with E-state index in [0.29, 0.717) is 0 Å². The van der Waals surface area contributed by atoms with E-state index in [-0.39, 0.29) is 5.75 Å². The number of hydrogen-bond donors (Lipinski definition) is 3. The maximum absolute atomic E-state index is 9.29. The predicted octanol–water partition coefficient (Wildman–Crippen LogP) is 4.62.